The molecule has 15 heteroatoms. The van der Waals surface area contributed by atoms with Gasteiger partial charge in [0.1, 0.15) is 12.6 Å². The first-order chi connectivity index (χ1) is 29.3. The first-order valence-electron chi connectivity index (χ1n) is 22.2. The third-order valence-corrected chi connectivity index (χ3v) is 11.0. The zero-order chi connectivity index (χ0) is 45.1. The molecule has 1 aliphatic rings. The maximum atomic E-state index is 12.7. The Balaban J connectivity index is 2.51. The van der Waals surface area contributed by atoms with E-state index >= 15 is 0 Å². The van der Waals surface area contributed by atoms with Crippen molar-refractivity contribution in [3.8, 4) is 0 Å². The molecule has 0 aromatic heterocycles. The fraction of sp³-hybridized carbons (Fsp3) is 0.674. The summed E-state index contributed by atoms with van der Waals surface area (Å²) in [6.07, 6.45) is 34.7. The molecule has 0 spiro atoms. The number of ether oxygens (including phenoxy) is 2. The minimum atomic E-state index is -4.79. The van der Waals surface area contributed by atoms with Gasteiger partial charge in [0.2, 0.25) is 0 Å². The van der Waals surface area contributed by atoms with Crippen LogP contribution in [0.25, 0.3) is 0 Å². The lowest BCUT2D eigenvalue weighted by Crippen LogP contribution is -2.34. The summed E-state index contributed by atoms with van der Waals surface area (Å²) < 4.78 is 32.6. The van der Waals surface area contributed by atoms with Crippen molar-refractivity contribution in [2.45, 2.75) is 166 Å². The number of esters is 2. The summed E-state index contributed by atoms with van der Waals surface area (Å²) in [6, 6.07) is -1.57. The van der Waals surface area contributed by atoms with Gasteiger partial charge in [0.15, 0.2) is 6.10 Å². The molecule has 0 heterocycles. The van der Waals surface area contributed by atoms with Crippen molar-refractivity contribution in [3.05, 3.63) is 72.9 Å². The van der Waals surface area contributed by atoms with Gasteiger partial charge in [0, 0.05) is 25.2 Å². The highest BCUT2D eigenvalue weighted by Gasteiger charge is 2.39. The molecule has 1 unspecified atom stereocenters. The van der Waals surface area contributed by atoms with Crippen molar-refractivity contribution in [2.75, 3.05) is 19.8 Å². The first kappa shape index (κ1) is 55.8. The number of hydrogen-bond acceptors (Lipinski definition) is 12. The van der Waals surface area contributed by atoms with E-state index in [1.807, 2.05) is 18.2 Å². The quantitative estimate of drug-likeness (QED) is 0.0151. The standard InChI is InChI=1S/C46H76NO13P/c1-3-5-7-8-9-10-11-12-13-14-15-16-17-18-19-20-26-30-45(52)60-38(35-58-61(55,56)59-36-41(47)46(53)54)34-57-44(51)29-25-22-21-24-28-39-40(43(50)33-42(39)49)32-31-37(48)27-23-6-4-2/h5,7,9-10,12-13,15-16,18-19,31-32,37-43,48-50H,3-4,6,8,11,14,17,20-30,33-36,47H2,1-2H3,(H,53,54)(H,55,56)/b7-5-,10-9-,13-12-,16-15-,19-18-,32-31+/t37-,38+,39+,40+,41-,42-,43+/m0/s1. The summed E-state index contributed by atoms with van der Waals surface area (Å²) in [5.41, 5.74) is 5.33. The van der Waals surface area contributed by atoms with E-state index < -0.39 is 76.0 Å². The van der Waals surface area contributed by atoms with E-state index in [4.69, 9.17) is 24.8 Å². The Bertz CT molecular complexity index is 1430. The van der Waals surface area contributed by atoms with Gasteiger partial charge in [-0.1, -0.05) is 125 Å². The average Bonchev–Trinajstić information content (AvgIpc) is 3.49. The molecule has 1 rings (SSSR count). The summed E-state index contributed by atoms with van der Waals surface area (Å²) in [7, 11) is -4.79. The van der Waals surface area contributed by atoms with Gasteiger partial charge >= 0.3 is 25.7 Å². The lowest BCUT2D eigenvalue weighted by molar-refractivity contribution is -0.161. The third kappa shape index (κ3) is 29.7. The molecule has 1 saturated carbocycles. The van der Waals surface area contributed by atoms with Gasteiger partial charge in [0.25, 0.3) is 0 Å². The molecule has 8 atom stereocenters. The monoisotopic (exact) mass is 882 g/mol. The van der Waals surface area contributed by atoms with Crippen LogP contribution in [-0.4, -0.2) is 93.5 Å². The summed E-state index contributed by atoms with van der Waals surface area (Å²) in [4.78, 5) is 46.2. The second-order valence-electron chi connectivity index (χ2n) is 15.4. The normalized spacial score (nSPS) is 21.0. The summed E-state index contributed by atoms with van der Waals surface area (Å²) in [6.45, 7) is 2.30. The average molecular weight is 882 g/mol. The van der Waals surface area contributed by atoms with Crippen LogP contribution in [0, 0.1) is 11.8 Å². The lowest BCUT2D eigenvalue weighted by Gasteiger charge is -2.21. The summed E-state index contributed by atoms with van der Waals surface area (Å²) >= 11 is 0. The molecular weight excluding hydrogens is 805 g/mol. The van der Waals surface area contributed by atoms with Crippen LogP contribution in [0.5, 0.6) is 0 Å². The number of carboxylic acids is 1. The van der Waals surface area contributed by atoms with E-state index in [0.717, 1.165) is 64.2 Å². The number of aliphatic hydroxyl groups excluding tert-OH is 3. The van der Waals surface area contributed by atoms with Gasteiger partial charge in [0.05, 0.1) is 31.5 Å². The number of carbonyl (C=O) groups excluding carboxylic acids is 2. The van der Waals surface area contributed by atoms with Crippen LogP contribution in [0.1, 0.15) is 136 Å². The molecule has 348 valence electrons. The van der Waals surface area contributed by atoms with E-state index in [0.29, 0.717) is 44.9 Å². The maximum absolute atomic E-state index is 12.7. The largest absolute Gasteiger partial charge is 0.480 e. The molecule has 61 heavy (non-hydrogen) atoms. The molecule has 0 bridgehead atoms. The van der Waals surface area contributed by atoms with Crippen LogP contribution in [0.15, 0.2) is 72.9 Å². The Morgan fingerprint density at radius 2 is 1.33 bits per heavy atom. The number of hydrogen-bond donors (Lipinski definition) is 6. The highest BCUT2D eigenvalue weighted by molar-refractivity contribution is 7.47. The van der Waals surface area contributed by atoms with Gasteiger partial charge in [-0.25, -0.2) is 4.57 Å². The molecule has 0 aromatic rings. The molecular formula is C46H76NO13P. The molecule has 14 nitrogen and oxygen atoms in total. The van der Waals surface area contributed by atoms with E-state index in [9.17, 15) is 39.2 Å². The molecule has 1 fully saturated rings. The summed E-state index contributed by atoms with van der Waals surface area (Å²) in [5, 5.41) is 40.3. The molecule has 0 radical (unpaired) electrons. The number of rotatable bonds is 36. The Labute approximate surface area is 364 Å². The maximum Gasteiger partial charge on any atom is 0.472 e. The lowest BCUT2D eigenvalue weighted by atomic mass is 9.88. The van der Waals surface area contributed by atoms with Crippen LogP contribution in [0.3, 0.4) is 0 Å². The minimum absolute atomic E-state index is 0.0361. The van der Waals surface area contributed by atoms with Crippen molar-refractivity contribution in [1.29, 1.82) is 0 Å². The number of phosphoric acid groups is 1. The van der Waals surface area contributed by atoms with Gasteiger partial charge in [-0.05, 0) is 70.1 Å². The van der Waals surface area contributed by atoms with Crippen molar-refractivity contribution >= 4 is 25.7 Å². The van der Waals surface area contributed by atoms with Crippen molar-refractivity contribution in [2.24, 2.45) is 17.6 Å². The topological polar surface area (TPSA) is 232 Å². The molecule has 0 aliphatic heterocycles. The van der Waals surface area contributed by atoms with Gasteiger partial charge in [-0.3, -0.25) is 23.4 Å². The Kier molecular flexibility index (Phi) is 32.3. The van der Waals surface area contributed by atoms with E-state index in [2.05, 4.69) is 67.0 Å². The van der Waals surface area contributed by atoms with Crippen LogP contribution >= 0.6 is 7.82 Å². The van der Waals surface area contributed by atoms with Gasteiger partial charge in [-0.2, -0.15) is 0 Å². The predicted molar refractivity (Wildman–Crippen MR) is 237 cm³/mol. The number of unbranched alkanes of at least 4 members (excludes halogenated alkanes) is 6. The molecule has 1 aliphatic carbocycles. The smallest absolute Gasteiger partial charge is 0.472 e. The Morgan fingerprint density at radius 3 is 1.95 bits per heavy atom. The van der Waals surface area contributed by atoms with Crippen molar-refractivity contribution in [3.63, 3.8) is 0 Å². The van der Waals surface area contributed by atoms with Gasteiger partial charge < -0.3 is 40.5 Å². The fourth-order valence-electron chi connectivity index (χ4n) is 6.55. The number of allylic oxidation sites excluding steroid dienone is 10. The van der Waals surface area contributed by atoms with Crippen LogP contribution in [-0.2, 0) is 37.5 Å². The predicted octanol–water partition coefficient (Wildman–Crippen LogP) is 8.10. The molecule has 7 N–H and O–H groups in total. The summed E-state index contributed by atoms with van der Waals surface area (Å²) in [5.74, 6) is -2.98. The fourth-order valence-corrected chi connectivity index (χ4v) is 7.33. The molecule has 0 saturated heterocycles. The first-order valence-corrected chi connectivity index (χ1v) is 23.7. The Hall–Kier alpha value is -3.20. The zero-order valence-corrected chi connectivity index (χ0v) is 37.4. The SMILES string of the molecule is CC/C=C\C/C=C\C/C=C\C/C=C\C/C=C\CCCC(=O)O[C@H](COC(=O)CCCCCC[C@@H]1[C@@H](/C=C/[C@@H](O)CCCCC)[C@H](O)C[C@@H]1O)COP(=O)(O)OC[C@H](N)C(=O)O. The van der Waals surface area contributed by atoms with Crippen LogP contribution < -0.4 is 5.73 Å². The van der Waals surface area contributed by atoms with Gasteiger partial charge in [-0.15, -0.1) is 0 Å². The Morgan fingerprint density at radius 1 is 0.738 bits per heavy atom. The number of carboxylic acid groups (broad SMARTS) is 1. The van der Waals surface area contributed by atoms with Crippen molar-refractivity contribution in [1.82, 2.24) is 0 Å². The zero-order valence-electron chi connectivity index (χ0n) is 36.6. The highest BCUT2D eigenvalue weighted by atomic mass is 31.2. The molecule has 0 aromatic carbocycles. The van der Waals surface area contributed by atoms with Crippen molar-refractivity contribution < 1.29 is 62.8 Å². The second kappa shape index (κ2) is 35.3. The van der Waals surface area contributed by atoms with E-state index in [1.54, 1.807) is 6.08 Å². The number of carbonyl (C=O) groups is 3. The van der Waals surface area contributed by atoms with E-state index in [1.165, 1.54) is 0 Å². The number of nitrogens with two attached hydrogens (primary N) is 1. The second-order valence-corrected chi connectivity index (χ2v) is 16.9. The number of phosphoric ester groups is 1. The number of aliphatic carboxylic acids is 1. The number of aliphatic hydroxyl groups is 3. The molecule has 0 amide bonds. The highest BCUT2D eigenvalue weighted by Crippen LogP contribution is 2.43. The van der Waals surface area contributed by atoms with E-state index in [-0.39, 0.29) is 24.7 Å². The van der Waals surface area contributed by atoms with Crippen LogP contribution in [0.2, 0.25) is 0 Å². The minimum Gasteiger partial charge on any atom is -0.480 e. The van der Waals surface area contributed by atoms with Crippen LogP contribution in [0.4, 0.5) is 0 Å². The third-order valence-electron chi connectivity index (χ3n) is 10.0.